The Kier molecular flexibility index (Phi) is 3.77. The number of carbonyl (C=O) groups is 1. The van der Waals surface area contributed by atoms with E-state index in [2.05, 4.69) is 10.4 Å². The molecule has 1 saturated carbocycles. The maximum atomic E-state index is 12.5. The highest BCUT2D eigenvalue weighted by Gasteiger charge is 2.41. The van der Waals surface area contributed by atoms with Gasteiger partial charge in [-0.15, -0.1) is 0 Å². The van der Waals surface area contributed by atoms with Gasteiger partial charge in [-0.2, -0.15) is 18.3 Å². The second kappa shape index (κ2) is 5.08. The minimum absolute atomic E-state index is 0.0475. The Hall–Kier alpha value is -1.57. The third-order valence-corrected chi connectivity index (χ3v) is 3.74. The smallest absolute Gasteiger partial charge is 0.435 e. The number of aromatic nitrogens is 2. The molecule has 1 aromatic rings. The van der Waals surface area contributed by atoms with E-state index in [4.69, 9.17) is 0 Å². The molecule has 0 aliphatic heterocycles. The first-order chi connectivity index (χ1) is 9.24. The van der Waals surface area contributed by atoms with Crippen molar-refractivity contribution >= 4 is 5.97 Å². The highest BCUT2D eigenvalue weighted by molar-refractivity contribution is 5.79. The number of nitrogens with one attached hydrogen (secondary N) is 1. The summed E-state index contributed by atoms with van der Waals surface area (Å²) in [4.78, 5) is 11.3. The number of aliphatic carboxylic acids is 1. The zero-order valence-corrected chi connectivity index (χ0v) is 11.0. The molecule has 1 fully saturated rings. The van der Waals surface area contributed by atoms with Crippen LogP contribution in [-0.4, -0.2) is 26.4 Å². The fourth-order valence-electron chi connectivity index (χ4n) is 2.51. The standard InChI is InChI=1S/C12H16F3N3O2/c1-18-8(6-9(17-18)12(13,14)15)7-16-11(10(19)20)4-2-3-5-11/h6,16H,2-5,7H2,1H3,(H,19,20). The summed E-state index contributed by atoms with van der Waals surface area (Å²) in [5.41, 5.74) is -1.68. The SMILES string of the molecule is Cn1nc(C(F)(F)F)cc1CNC1(C(=O)O)CCCC1. The molecule has 5 nitrogen and oxygen atoms in total. The Morgan fingerprint density at radius 1 is 1.50 bits per heavy atom. The molecule has 0 unspecified atom stereocenters. The van der Waals surface area contributed by atoms with Crippen molar-refractivity contribution in [2.45, 2.75) is 43.9 Å². The number of hydrogen-bond acceptors (Lipinski definition) is 3. The van der Waals surface area contributed by atoms with E-state index in [1.807, 2.05) is 0 Å². The molecule has 0 radical (unpaired) electrons. The highest BCUT2D eigenvalue weighted by atomic mass is 19.4. The van der Waals surface area contributed by atoms with Crippen LogP contribution in [0.5, 0.6) is 0 Å². The zero-order valence-electron chi connectivity index (χ0n) is 11.0. The van der Waals surface area contributed by atoms with E-state index < -0.39 is 23.4 Å². The van der Waals surface area contributed by atoms with Gasteiger partial charge < -0.3 is 5.11 Å². The van der Waals surface area contributed by atoms with E-state index in [-0.39, 0.29) is 6.54 Å². The molecule has 0 amide bonds. The summed E-state index contributed by atoms with van der Waals surface area (Å²) >= 11 is 0. The summed E-state index contributed by atoms with van der Waals surface area (Å²) in [6.45, 7) is 0.0475. The number of carboxylic acid groups (broad SMARTS) is 1. The largest absolute Gasteiger partial charge is 0.480 e. The van der Waals surface area contributed by atoms with Gasteiger partial charge in [-0.05, 0) is 18.9 Å². The molecule has 20 heavy (non-hydrogen) atoms. The first-order valence-corrected chi connectivity index (χ1v) is 6.33. The van der Waals surface area contributed by atoms with Crippen LogP contribution in [0.25, 0.3) is 0 Å². The van der Waals surface area contributed by atoms with Gasteiger partial charge in [-0.1, -0.05) is 12.8 Å². The molecule has 0 atom stereocenters. The van der Waals surface area contributed by atoms with Gasteiger partial charge in [0.25, 0.3) is 0 Å². The van der Waals surface area contributed by atoms with E-state index in [9.17, 15) is 23.1 Å². The predicted octanol–water partition coefficient (Wildman–Crippen LogP) is 1.93. The number of alkyl halides is 3. The first kappa shape index (κ1) is 14.8. The van der Waals surface area contributed by atoms with Crippen LogP contribution in [0.4, 0.5) is 13.2 Å². The average Bonchev–Trinajstić information content (AvgIpc) is 2.93. The van der Waals surface area contributed by atoms with Crippen molar-refractivity contribution in [1.29, 1.82) is 0 Å². The molecule has 0 spiro atoms. The van der Waals surface area contributed by atoms with E-state index >= 15 is 0 Å². The lowest BCUT2D eigenvalue weighted by atomic mass is 9.98. The van der Waals surface area contributed by atoms with Crippen molar-refractivity contribution in [2.75, 3.05) is 0 Å². The Bertz CT molecular complexity index is 505. The van der Waals surface area contributed by atoms with Crippen molar-refractivity contribution in [1.82, 2.24) is 15.1 Å². The number of halogens is 3. The van der Waals surface area contributed by atoms with Crippen LogP contribution >= 0.6 is 0 Å². The van der Waals surface area contributed by atoms with E-state index in [1.54, 1.807) is 0 Å². The third-order valence-electron chi connectivity index (χ3n) is 3.74. The minimum atomic E-state index is -4.49. The van der Waals surface area contributed by atoms with E-state index in [0.29, 0.717) is 18.5 Å². The molecule has 0 aromatic carbocycles. The lowest BCUT2D eigenvalue weighted by Crippen LogP contribution is -2.49. The molecule has 2 rings (SSSR count). The fraction of sp³-hybridized carbons (Fsp3) is 0.667. The second-order valence-corrected chi connectivity index (χ2v) is 5.09. The number of nitrogens with zero attached hydrogens (tertiary/aromatic N) is 2. The number of carboxylic acids is 1. The molecule has 0 saturated heterocycles. The average molecular weight is 291 g/mol. The van der Waals surface area contributed by atoms with E-state index in [0.717, 1.165) is 23.6 Å². The van der Waals surface area contributed by atoms with Crippen molar-refractivity contribution in [3.05, 3.63) is 17.5 Å². The predicted molar refractivity (Wildman–Crippen MR) is 63.9 cm³/mol. The third kappa shape index (κ3) is 2.79. The van der Waals surface area contributed by atoms with Crippen molar-refractivity contribution < 1.29 is 23.1 Å². The van der Waals surface area contributed by atoms with Gasteiger partial charge in [-0.3, -0.25) is 14.8 Å². The first-order valence-electron chi connectivity index (χ1n) is 6.33. The van der Waals surface area contributed by atoms with Gasteiger partial charge in [-0.25, -0.2) is 0 Å². The molecule has 2 N–H and O–H groups in total. The van der Waals surface area contributed by atoms with Gasteiger partial charge in [0.1, 0.15) is 5.54 Å². The Balaban J connectivity index is 2.11. The molecule has 1 heterocycles. The fourth-order valence-corrected chi connectivity index (χ4v) is 2.51. The molecule has 112 valence electrons. The molecular weight excluding hydrogens is 275 g/mol. The summed E-state index contributed by atoms with van der Waals surface area (Å²) in [5.74, 6) is -0.951. The van der Waals surface area contributed by atoms with Crippen LogP contribution in [0.3, 0.4) is 0 Å². The lowest BCUT2D eigenvalue weighted by molar-refractivity contribution is -0.145. The van der Waals surface area contributed by atoms with Crippen LogP contribution in [0.1, 0.15) is 37.1 Å². The number of hydrogen-bond donors (Lipinski definition) is 2. The molecular formula is C12H16F3N3O2. The minimum Gasteiger partial charge on any atom is -0.480 e. The number of aryl methyl sites for hydroxylation is 1. The van der Waals surface area contributed by atoms with Crippen molar-refractivity contribution in [3.63, 3.8) is 0 Å². The molecule has 8 heteroatoms. The molecule has 1 aliphatic carbocycles. The summed E-state index contributed by atoms with van der Waals surface area (Å²) < 4.78 is 38.7. The zero-order chi connectivity index (χ0) is 15.0. The van der Waals surface area contributed by atoms with Crippen molar-refractivity contribution in [3.8, 4) is 0 Å². The monoisotopic (exact) mass is 291 g/mol. The second-order valence-electron chi connectivity index (χ2n) is 5.09. The quantitative estimate of drug-likeness (QED) is 0.889. The molecule has 0 bridgehead atoms. The summed E-state index contributed by atoms with van der Waals surface area (Å²) in [6.07, 6.45) is -1.90. The van der Waals surface area contributed by atoms with Crippen LogP contribution in [0, 0.1) is 0 Å². The van der Waals surface area contributed by atoms with Crippen molar-refractivity contribution in [2.24, 2.45) is 7.05 Å². The normalized spacial score (nSPS) is 18.4. The highest BCUT2D eigenvalue weighted by Crippen LogP contribution is 2.31. The van der Waals surface area contributed by atoms with Gasteiger partial charge in [0, 0.05) is 13.6 Å². The summed E-state index contributed by atoms with van der Waals surface area (Å²) in [5, 5.41) is 15.6. The number of rotatable bonds is 4. The maximum Gasteiger partial charge on any atom is 0.435 e. The Morgan fingerprint density at radius 3 is 2.55 bits per heavy atom. The van der Waals surface area contributed by atoms with Gasteiger partial charge in [0.2, 0.25) is 0 Å². The summed E-state index contributed by atoms with van der Waals surface area (Å²) in [7, 11) is 1.41. The van der Waals surface area contributed by atoms with E-state index in [1.165, 1.54) is 7.05 Å². The van der Waals surface area contributed by atoms with Gasteiger partial charge in [0.05, 0.1) is 5.69 Å². The maximum absolute atomic E-state index is 12.5. The lowest BCUT2D eigenvalue weighted by Gasteiger charge is -2.25. The van der Waals surface area contributed by atoms with Crippen LogP contribution < -0.4 is 5.32 Å². The van der Waals surface area contributed by atoms with Crippen LogP contribution in [0.15, 0.2) is 6.07 Å². The summed E-state index contributed by atoms with van der Waals surface area (Å²) in [6, 6.07) is 0.942. The molecule has 1 aliphatic rings. The van der Waals surface area contributed by atoms with Gasteiger partial charge in [0.15, 0.2) is 5.69 Å². The van der Waals surface area contributed by atoms with Gasteiger partial charge >= 0.3 is 12.1 Å². The van der Waals surface area contributed by atoms with Crippen LogP contribution in [-0.2, 0) is 24.6 Å². The molecule has 1 aromatic heterocycles. The Labute approximate surface area is 113 Å². The van der Waals surface area contributed by atoms with Crippen LogP contribution in [0.2, 0.25) is 0 Å². The topological polar surface area (TPSA) is 67.2 Å². The Morgan fingerprint density at radius 2 is 2.10 bits per heavy atom.